The molecule has 1 aliphatic rings. The Morgan fingerprint density at radius 2 is 2.12 bits per heavy atom. The molecule has 3 nitrogen and oxygen atoms in total. The molecule has 1 aliphatic heterocycles. The number of cyclic esters (lactones) is 1. The summed E-state index contributed by atoms with van der Waals surface area (Å²) in [4.78, 5) is 11.2. The van der Waals surface area contributed by atoms with Gasteiger partial charge in [-0.1, -0.05) is 24.8 Å². The van der Waals surface area contributed by atoms with Gasteiger partial charge in [-0.15, -0.1) is 0 Å². The van der Waals surface area contributed by atoms with E-state index in [0.29, 0.717) is 18.6 Å². The molecule has 1 saturated heterocycles. The zero-order valence-electron chi connectivity index (χ0n) is 9.23. The average molecular weight is 218 g/mol. The van der Waals surface area contributed by atoms with Crippen molar-refractivity contribution in [3.8, 4) is 5.75 Å². The summed E-state index contributed by atoms with van der Waals surface area (Å²) in [6, 6.07) is 9.46. The molecule has 0 aliphatic carbocycles. The average Bonchev–Trinajstić information content (AvgIpc) is 2.53. The first-order valence-electron chi connectivity index (χ1n) is 5.18. The van der Waals surface area contributed by atoms with Gasteiger partial charge in [-0.2, -0.15) is 0 Å². The van der Waals surface area contributed by atoms with Gasteiger partial charge >= 0.3 is 5.97 Å². The molecule has 0 radical (unpaired) electrons. The Kier molecular flexibility index (Phi) is 2.69. The van der Waals surface area contributed by atoms with Crippen molar-refractivity contribution in [1.29, 1.82) is 0 Å². The van der Waals surface area contributed by atoms with Gasteiger partial charge in [0, 0.05) is 12.0 Å². The van der Waals surface area contributed by atoms with Crippen molar-refractivity contribution in [1.82, 2.24) is 0 Å². The normalized spacial score (nSPS) is 24.3. The van der Waals surface area contributed by atoms with Gasteiger partial charge in [-0.3, -0.25) is 0 Å². The van der Waals surface area contributed by atoms with Crippen LogP contribution in [0.15, 0.2) is 42.5 Å². The lowest BCUT2D eigenvalue weighted by Gasteiger charge is -2.22. The van der Waals surface area contributed by atoms with Crippen LogP contribution in [0, 0.1) is 0 Å². The SMILES string of the molecule is C=C1CC(C)(COc2ccccc2)OC1=O. The Morgan fingerprint density at radius 3 is 2.69 bits per heavy atom. The molecular weight excluding hydrogens is 204 g/mol. The number of hydrogen-bond donors (Lipinski definition) is 0. The fraction of sp³-hybridized carbons (Fsp3) is 0.308. The first-order chi connectivity index (χ1) is 7.59. The third-order valence-electron chi connectivity index (χ3n) is 2.50. The van der Waals surface area contributed by atoms with Gasteiger partial charge in [0.15, 0.2) is 0 Å². The molecule has 1 aromatic carbocycles. The minimum absolute atomic E-state index is 0.320. The number of rotatable bonds is 3. The summed E-state index contributed by atoms with van der Waals surface area (Å²) in [5, 5.41) is 0. The monoisotopic (exact) mass is 218 g/mol. The van der Waals surface area contributed by atoms with E-state index in [1.54, 1.807) is 0 Å². The predicted molar refractivity (Wildman–Crippen MR) is 60.2 cm³/mol. The molecule has 1 fully saturated rings. The molecule has 1 atom stereocenters. The third-order valence-corrected chi connectivity index (χ3v) is 2.50. The van der Waals surface area contributed by atoms with Gasteiger partial charge in [0.25, 0.3) is 0 Å². The molecule has 0 bridgehead atoms. The smallest absolute Gasteiger partial charge is 0.334 e. The Morgan fingerprint density at radius 1 is 1.44 bits per heavy atom. The number of carbonyl (C=O) groups excluding carboxylic acids is 1. The van der Waals surface area contributed by atoms with E-state index in [-0.39, 0.29) is 5.97 Å². The fourth-order valence-electron chi connectivity index (χ4n) is 1.69. The van der Waals surface area contributed by atoms with Gasteiger partial charge < -0.3 is 9.47 Å². The van der Waals surface area contributed by atoms with Crippen LogP contribution in [0.2, 0.25) is 0 Å². The highest BCUT2D eigenvalue weighted by Crippen LogP contribution is 2.30. The Bertz CT molecular complexity index is 392. The summed E-state index contributed by atoms with van der Waals surface area (Å²) in [5.74, 6) is 0.455. The summed E-state index contributed by atoms with van der Waals surface area (Å²) in [5.41, 5.74) is -0.0662. The zero-order chi connectivity index (χ0) is 11.6. The molecular formula is C13H14O3. The van der Waals surface area contributed by atoms with E-state index in [9.17, 15) is 4.79 Å². The largest absolute Gasteiger partial charge is 0.489 e. The first kappa shape index (κ1) is 10.7. The van der Waals surface area contributed by atoms with Crippen molar-refractivity contribution in [2.75, 3.05) is 6.61 Å². The van der Waals surface area contributed by atoms with Crippen LogP contribution in [-0.4, -0.2) is 18.2 Å². The van der Waals surface area contributed by atoms with Crippen molar-refractivity contribution in [3.05, 3.63) is 42.5 Å². The lowest BCUT2D eigenvalue weighted by molar-refractivity contribution is -0.147. The summed E-state index contributed by atoms with van der Waals surface area (Å²) >= 11 is 0. The molecule has 16 heavy (non-hydrogen) atoms. The van der Waals surface area contributed by atoms with E-state index < -0.39 is 5.60 Å². The zero-order valence-corrected chi connectivity index (χ0v) is 9.23. The maximum atomic E-state index is 11.2. The summed E-state index contributed by atoms with van der Waals surface area (Å²) in [6.07, 6.45) is 0.526. The van der Waals surface area contributed by atoms with Crippen LogP contribution in [0.25, 0.3) is 0 Å². The molecule has 2 rings (SSSR count). The number of ether oxygens (including phenoxy) is 2. The molecule has 0 N–H and O–H groups in total. The van der Waals surface area contributed by atoms with E-state index in [0.717, 1.165) is 5.75 Å². The van der Waals surface area contributed by atoms with Crippen LogP contribution in [0.3, 0.4) is 0 Å². The maximum absolute atomic E-state index is 11.2. The minimum atomic E-state index is -0.579. The van der Waals surface area contributed by atoms with E-state index in [1.807, 2.05) is 37.3 Å². The van der Waals surface area contributed by atoms with Gasteiger partial charge in [0.05, 0.1) is 0 Å². The van der Waals surface area contributed by atoms with Crippen molar-refractivity contribution in [2.24, 2.45) is 0 Å². The molecule has 0 spiro atoms. The Hall–Kier alpha value is -1.77. The molecule has 1 unspecified atom stereocenters. The van der Waals surface area contributed by atoms with Crippen LogP contribution in [0.5, 0.6) is 5.75 Å². The van der Waals surface area contributed by atoms with E-state index in [1.165, 1.54) is 0 Å². The lowest BCUT2D eigenvalue weighted by Crippen LogP contribution is -2.32. The summed E-state index contributed by atoms with van der Waals surface area (Å²) in [7, 11) is 0. The summed E-state index contributed by atoms with van der Waals surface area (Å²) < 4.78 is 10.8. The minimum Gasteiger partial charge on any atom is -0.489 e. The molecule has 1 aromatic rings. The molecule has 0 saturated carbocycles. The first-order valence-corrected chi connectivity index (χ1v) is 5.18. The van der Waals surface area contributed by atoms with Crippen LogP contribution >= 0.6 is 0 Å². The quantitative estimate of drug-likeness (QED) is 0.577. The highest BCUT2D eigenvalue weighted by atomic mass is 16.6. The molecule has 3 heteroatoms. The maximum Gasteiger partial charge on any atom is 0.334 e. The molecule has 0 amide bonds. The lowest BCUT2D eigenvalue weighted by atomic mass is 10.0. The topological polar surface area (TPSA) is 35.5 Å². The van der Waals surface area contributed by atoms with Gasteiger partial charge in [0.1, 0.15) is 18.0 Å². The van der Waals surface area contributed by atoms with Crippen LogP contribution in [-0.2, 0) is 9.53 Å². The molecule has 0 aromatic heterocycles. The van der Waals surface area contributed by atoms with Crippen molar-refractivity contribution < 1.29 is 14.3 Å². The van der Waals surface area contributed by atoms with Gasteiger partial charge in [-0.25, -0.2) is 4.79 Å². The number of benzene rings is 1. The number of carbonyl (C=O) groups is 1. The van der Waals surface area contributed by atoms with E-state index in [4.69, 9.17) is 9.47 Å². The highest BCUT2D eigenvalue weighted by Gasteiger charge is 2.39. The second-order valence-electron chi connectivity index (χ2n) is 4.22. The van der Waals surface area contributed by atoms with Crippen molar-refractivity contribution in [3.63, 3.8) is 0 Å². The number of hydrogen-bond acceptors (Lipinski definition) is 3. The second-order valence-corrected chi connectivity index (χ2v) is 4.22. The van der Waals surface area contributed by atoms with Crippen LogP contribution < -0.4 is 4.74 Å². The second kappa shape index (κ2) is 4.00. The standard InChI is InChI=1S/C13H14O3/c1-10-8-13(2,16-12(10)14)9-15-11-6-4-3-5-7-11/h3-7H,1,8-9H2,2H3. The molecule has 84 valence electrons. The van der Waals surface area contributed by atoms with Crippen molar-refractivity contribution in [2.45, 2.75) is 18.9 Å². The van der Waals surface area contributed by atoms with Crippen molar-refractivity contribution >= 4 is 5.97 Å². The highest BCUT2D eigenvalue weighted by molar-refractivity contribution is 5.90. The fourth-order valence-corrected chi connectivity index (χ4v) is 1.69. The number of para-hydroxylation sites is 1. The van der Waals surface area contributed by atoms with Gasteiger partial charge in [0.2, 0.25) is 0 Å². The molecule has 1 heterocycles. The van der Waals surface area contributed by atoms with Crippen LogP contribution in [0.4, 0.5) is 0 Å². The predicted octanol–water partition coefficient (Wildman–Crippen LogP) is 2.33. The van der Waals surface area contributed by atoms with E-state index in [2.05, 4.69) is 6.58 Å². The van der Waals surface area contributed by atoms with E-state index >= 15 is 0 Å². The summed E-state index contributed by atoms with van der Waals surface area (Å²) in [6.45, 7) is 5.86. The Labute approximate surface area is 94.7 Å². The Balaban J connectivity index is 1.96. The van der Waals surface area contributed by atoms with Crippen LogP contribution in [0.1, 0.15) is 13.3 Å². The third kappa shape index (κ3) is 2.24. The van der Waals surface area contributed by atoms with Gasteiger partial charge in [-0.05, 0) is 19.1 Å². The number of esters is 1.